The normalized spacial score (nSPS) is 35.3. The number of rotatable bonds is 0. The molecule has 4 aliphatic rings. The molecule has 0 fully saturated rings. The molecule has 0 aromatic heterocycles. The van der Waals surface area contributed by atoms with Crippen LogP contribution in [0.5, 0.6) is 0 Å². The zero-order chi connectivity index (χ0) is 11.3. The van der Waals surface area contributed by atoms with Crippen molar-refractivity contribution in [2.75, 3.05) is 0 Å². The fourth-order valence-electron chi connectivity index (χ4n) is 2.93. The number of allylic oxidation sites excluding steroid dienone is 9. The fraction of sp³-hybridized carbons (Fsp3) is 0.133. The Bertz CT molecular complexity index is 598. The predicted molar refractivity (Wildman–Crippen MR) is 67.2 cm³/mol. The van der Waals surface area contributed by atoms with Crippen molar-refractivity contribution in [2.45, 2.75) is 0 Å². The maximum atomic E-state index is 5.75. The Kier molecular flexibility index (Phi) is 1.57. The van der Waals surface area contributed by atoms with E-state index in [4.69, 9.17) is 4.74 Å². The number of ether oxygens (including phenoxy) is 1. The molecule has 0 radical (unpaired) electrons. The monoisotopic (exact) mass is 221 g/mol. The zero-order valence-corrected chi connectivity index (χ0v) is 9.21. The van der Waals surface area contributed by atoms with Crippen LogP contribution in [0.25, 0.3) is 0 Å². The van der Waals surface area contributed by atoms with Crippen molar-refractivity contribution in [3.05, 3.63) is 72.4 Å². The van der Waals surface area contributed by atoms with Crippen molar-refractivity contribution in [2.24, 2.45) is 16.3 Å². The highest BCUT2D eigenvalue weighted by atomic mass is 16.5. The molecule has 2 aliphatic heterocycles. The summed E-state index contributed by atoms with van der Waals surface area (Å²) in [6, 6.07) is 0. The molecule has 0 aromatic carbocycles. The third-order valence-electron chi connectivity index (χ3n) is 3.75. The molecule has 0 saturated carbocycles. The molecule has 2 aliphatic carbocycles. The fourth-order valence-corrected chi connectivity index (χ4v) is 2.93. The van der Waals surface area contributed by atoms with Gasteiger partial charge in [0.05, 0.1) is 18.2 Å². The molecule has 2 unspecified atom stereocenters. The summed E-state index contributed by atoms with van der Waals surface area (Å²) in [7, 11) is 0. The van der Waals surface area contributed by atoms with Crippen LogP contribution in [0.1, 0.15) is 0 Å². The van der Waals surface area contributed by atoms with E-state index in [2.05, 4.69) is 41.4 Å². The van der Waals surface area contributed by atoms with Gasteiger partial charge in [-0.15, -0.1) is 0 Å². The first-order chi connectivity index (χ1) is 8.41. The Hall–Kier alpha value is -2.09. The minimum absolute atomic E-state index is 0.208. The van der Waals surface area contributed by atoms with Crippen molar-refractivity contribution >= 4 is 5.71 Å². The van der Waals surface area contributed by atoms with Crippen LogP contribution in [0.2, 0.25) is 0 Å². The predicted octanol–water partition coefficient (Wildman–Crippen LogP) is 3.05. The summed E-state index contributed by atoms with van der Waals surface area (Å²) < 4.78 is 5.75. The second-order valence-electron chi connectivity index (χ2n) is 4.55. The SMILES string of the molecule is C1=CC2=COC3=CN=C4C=CC=CC34C2C=C1. The summed E-state index contributed by atoms with van der Waals surface area (Å²) in [4.78, 5) is 4.48. The van der Waals surface area contributed by atoms with E-state index >= 15 is 0 Å². The summed E-state index contributed by atoms with van der Waals surface area (Å²) in [5.74, 6) is 1.23. The van der Waals surface area contributed by atoms with Gasteiger partial charge in [0.1, 0.15) is 11.2 Å². The van der Waals surface area contributed by atoms with Crippen LogP contribution in [0.3, 0.4) is 0 Å². The molecule has 0 N–H and O–H groups in total. The Morgan fingerprint density at radius 3 is 3.06 bits per heavy atom. The van der Waals surface area contributed by atoms with E-state index in [9.17, 15) is 0 Å². The lowest BCUT2D eigenvalue weighted by molar-refractivity contribution is 0.235. The second kappa shape index (κ2) is 2.98. The van der Waals surface area contributed by atoms with Crippen molar-refractivity contribution in [3.8, 4) is 0 Å². The highest BCUT2D eigenvalue weighted by molar-refractivity contribution is 6.07. The summed E-state index contributed by atoms with van der Waals surface area (Å²) in [5, 5.41) is 0. The van der Waals surface area contributed by atoms with Gasteiger partial charge in [0.2, 0.25) is 0 Å². The van der Waals surface area contributed by atoms with E-state index in [-0.39, 0.29) is 5.41 Å². The van der Waals surface area contributed by atoms with Gasteiger partial charge in [-0.25, -0.2) is 0 Å². The van der Waals surface area contributed by atoms with Crippen LogP contribution in [0, 0.1) is 11.3 Å². The summed E-state index contributed by atoms with van der Waals surface area (Å²) in [6.07, 6.45) is 20.5. The summed E-state index contributed by atoms with van der Waals surface area (Å²) in [5.41, 5.74) is 2.07. The highest BCUT2D eigenvalue weighted by Gasteiger charge is 2.50. The maximum Gasteiger partial charge on any atom is 0.138 e. The molecular weight excluding hydrogens is 210 g/mol. The molecule has 0 bridgehead atoms. The van der Waals surface area contributed by atoms with Gasteiger partial charge in [0.25, 0.3) is 0 Å². The lowest BCUT2D eigenvalue weighted by Gasteiger charge is -2.40. The first kappa shape index (κ1) is 8.99. The lowest BCUT2D eigenvalue weighted by atomic mass is 9.65. The Morgan fingerprint density at radius 2 is 2.06 bits per heavy atom. The molecule has 0 amide bonds. The molecule has 0 aromatic rings. The smallest absolute Gasteiger partial charge is 0.138 e. The standard InChI is InChI=1S/C15H11NO/c1-2-6-12-11(5-1)10-17-14-9-16-13-7-3-4-8-15(12,13)14/h1-10,12H. The Morgan fingerprint density at radius 1 is 1.12 bits per heavy atom. The zero-order valence-electron chi connectivity index (χ0n) is 9.21. The molecule has 82 valence electrons. The van der Waals surface area contributed by atoms with Gasteiger partial charge < -0.3 is 4.74 Å². The number of nitrogens with zero attached hydrogens (tertiary/aromatic N) is 1. The quantitative estimate of drug-likeness (QED) is 0.616. The molecule has 2 heterocycles. The largest absolute Gasteiger partial charge is 0.466 e. The molecular formula is C15H11NO. The van der Waals surface area contributed by atoms with E-state index in [1.54, 1.807) is 0 Å². The number of fused-ring (bicyclic) bond motifs is 1. The number of hydrogen-bond donors (Lipinski definition) is 0. The maximum absolute atomic E-state index is 5.75. The third-order valence-corrected chi connectivity index (χ3v) is 3.75. The van der Waals surface area contributed by atoms with Gasteiger partial charge in [0.15, 0.2) is 0 Å². The topological polar surface area (TPSA) is 21.6 Å². The first-order valence-corrected chi connectivity index (χ1v) is 5.78. The molecule has 4 rings (SSSR count). The number of aliphatic imine (C=N–C) groups is 1. The van der Waals surface area contributed by atoms with E-state index in [1.165, 1.54) is 5.57 Å². The average Bonchev–Trinajstić information content (AvgIpc) is 2.78. The van der Waals surface area contributed by atoms with Gasteiger partial charge in [-0.1, -0.05) is 42.5 Å². The molecule has 1 spiro atoms. The Balaban J connectivity index is 1.96. The molecule has 0 saturated heterocycles. The molecule has 2 atom stereocenters. The number of hydrogen-bond acceptors (Lipinski definition) is 2. The van der Waals surface area contributed by atoms with Gasteiger partial charge >= 0.3 is 0 Å². The Labute approximate surface area is 99.7 Å². The minimum Gasteiger partial charge on any atom is -0.466 e. The third kappa shape index (κ3) is 0.978. The van der Waals surface area contributed by atoms with Crippen molar-refractivity contribution in [3.63, 3.8) is 0 Å². The highest BCUT2D eigenvalue weighted by Crippen LogP contribution is 2.52. The van der Waals surface area contributed by atoms with E-state index < -0.39 is 0 Å². The van der Waals surface area contributed by atoms with Gasteiger partial charge in [0, 0.05) is 5.92 Å². The van der Waals surface area contributed by atoms with Crippen molar-refractivity contribution in [1.29, 1.82) is 0 Å². The average molecular weight is 221 g/mol. The molecule has 2 heteroatoms. The van der Waals surface area contributed by atoms with Gasteiger partial charge in [-0.2, -0.15) is 0 Å². The van der Waals surface area contributed by atoms with Crippen molar-refractivity contribution in [1.82, 2.24) is 0 Å². The van der Waals surface area contributed by atoms with Gasteiger partial charge in [-0.3, -0.25) is 4.99 Å². The van der Waals surface area contributed by atoms with Crippen LogP contribution in [0.15, 0.2) is 77.4 Å². The van der Waals surface area contributed by atoms with E-state index in [0.29, 0.717) is 5.92 Å². The van der Waals surface area contributed by atoms with Crippen LogP contribution in [-0.4, -0.2) is 5.71 Å². The van der Waals surface area contributed by atoms with Crippen LogP contribution in [-0.2, 0) is 4.74 Å². The summed E-state index contributed by atoms with van der Waals surface area (Å²) >= 11 is 0. The second-order valence-corrected chi connectivity index (χ2v) is 4.55. The van der Waals surface area contributed by atoms with E-state index in [0.717, 1.165) is 11.5 Å². The van der Waals surface area contributed by atoms with Crippen LogP contribution >= 0.6 is 0 Å². The lowest BCUT2D eigenvalue weighted by Crippen LogP contribution is -2.40. The minimum atomic E-state index is -0.208. The van der Waals surface area contributed by atoms with Gasteiger partial charge in [-0.05, 0) is 11.6 Å². The van der Waals surface area contributed by atoms with E-state index in [1.807, 2.05) is 24.6 Å². The van der Waals surface area contributed by atoms with Crippen LogP contribution < -0.4 is 0 Å². The van der Waals surface area contributed by atoms with Crippen LogP contribution in [0.4, 0.5) is 0 Å². The summed E-state index contributed by atoms with van der Waals surface area (Å²) in [6.45, 7) is 0. The molecule has 17 heavy (non-hydrogen) atoms. The first-order valence-electron chi connectivity index (χ1n) is 5.78. The van der Waals surface area contributed by atoms with Crippen molar-refractivity contribution < 1.29 is 4.74 Å². The molecule has 2 nitrogen and oxygen atoms in total.